The summed E-state index contributed by atoms with van der Waals surface area (Å²) in [6.07, 6.45) is -0.667. The quantitative estimate of drug-likeness (QED) is 0.574. The van der Waals surface area contributed by atoms with E-state index in [0.717, 1.165) is 7.28 Å². The molecule has 3 heteroatoms. The Bertz CT molecular complexity index is 363. The molecule has 0 aliphatic rings. The molecule has 0 bridgehead atoms. The third kappa shape index (κ3) is 6.56. The lowest BCUT2D eigenvalue weighted by Gasteiger charge is -1.98. The molecule has 0 saturated heterocycles. The van der Waals surface area contributed by atoms with Crippen LogP contribution >= 0.6 is 0 Å². The fourth-order valence-electron chi connectivity index (χ4n) is 1.43. The summed E-state index contributed by atoms with van der Waals surface area (Å²) in [6, 6.07) is 21.1. The van der Waals surface area contributed by atoms with Crippen molar-refractivity contribution in [2.24, 2.45) is 5.73 Å². The maximum atomic E-state index is 7.83. The van der Waals surface area contributed by atoms with Gasteiger partial charge >= 0.3 is 0 Å². The average Bonchev–Trinajstić information content (AvgIpc) is 2.31. The van der Waals surface area contributed by atoms with E-state index in [-0.39, 0.29) is 0 Å². The van der Waals surface area contributed by atoms with Gasteiger partial charge in [0, 0.05) is 0 Å². The van der Waals surface area contributed by atoms with E-state index < -0.39 is 6.23 Å². The summed E-state index contributed by atoms with van der Waals surface area (Å²) in [7, 11) is 1.03. The molecule has 0 saturated carbocycles. The molecule has 0 aromatic heterocycles. The third-order valence-corrected chi connectivity index (χ3v) is 2.09. The molecule has 0 amide bonds. The minimum Gasteiger partial charge on any atom is -0.379 e. The molecule has 0 heterocycles. The molecule has 0 aliphatic carbocycles. The lowest BCUT2D eigenvalue weighted by molar-refractivity contribution is 0.203. The summed E-state index contributed by atoms with van der Waals surface area (Å²) in [5, 5.41) is 7.83. The Morgan fingerprint density at radius 2 is 1.18 bits per heavy atom. The van der Waals surface area contributed by atoms with E-state index in [0.29, 0.717) is 0 Å². The zero-order chi connectivity index (χ0) is 12.5. The largest absolute Gasteiger partial charge is 0.379 e. The number of hydrogen-bond acceptors (Lipinski definition) is 2. The first-order valence-electron chi connectivity index (χ1n) is 5.70. The average molecular weight is 227 g/mol. The van der Waals surface area contributed by atoms with Crippen molar-refractivity contribution < 1.29 is 5.11 Å². The standard InChI is InChI=1S/C12H11B.C2H7NO/c1-3-7-11(8-4-1)13-12-9-5-2-6-10-12;1-2(3)4/h1-10,13H;2,4H,3H2,1H3. The van der Waals surface area contributed by atoms with Crippen molar-refractivity contribution in [2.75, 3.05) is 0 Å². The molecule has 0 spiro atoms. The summed E-state index contributed by atoms with van der Waals surface area (Å²) < 4.78 is 0. The van der Waals surface area contributed by atoms with Crippen LogP contribution in [0.4, 0.5) is 0 Å². The molecule has 2 rings (SSSR count). The molecular weight excluding hydrogens is 209 g/mol. The normalized spacial score (nSPS) is 11.0. The smallest absolute Gasteiger partial charge is 0.192 e. The third-order valence-electron chi connectivity index (χ3n) is 2.09. The Kier molecular flexibility index (Phi) is 6.08. The Morgan fingerprint density at radius 1 is 0.882 bits per heavy atom. The summed E-state index contributed by atoms with van der Waals surface area (Å²) in [4.78, 5) is 0. The van der Waals surface area contributed by atoms with E-state index in [1.54, 1.807) is 0 Å². The monoisotopic (exact) mass is 227 g/mol. The maximum absolute atomic E-state index is 7.83. The highest BCUT2D eigenvalue weighted by molar-refractivity contribution is 6.67. The van der Waals surface area contributed by atoms with Crippen molar-refractivity contribution in [3.05, 3.63) is 60.7 Å². The molecule has 88 valence electrons. The number of rotatable bonds is 2. The predicted octanol–water partition coefficient (Wildman–Crippen LogP) is 0.357. The Morgan fingerprint density at radius 3 is 1.47 bits per heavy atom. The molecule has 1 atom stereocenters. The van der Waals surface area contributed by atoms with E-state index >= 15 is 0 Å². The highest BCUT2D eigenvalue weighted by Crippen LogP contribution is 1.84. The van der Waals surface area contributed by atoms with E-state index in [9.17, 15) is 0 Å². The van der Waals surface area contributed by atoms with Crippen LogP contribution in [0.15, 0.2) is 60.7 Å². The van der Waals surface area contributed by atoms with E-state index in [4.69, 9.17) is 5.11 Å². The van der Waals surface area contributed by atoms with Gasteiger partial charge in [0.05, 0.1) is 6.23 Å². The summed E-state index contributed by atoms with van der Waals surface area (Å²) in [5.74, 6) is 0. The second kappa shape index (κ2) is 7.66. The lowest BCUT2D eigenvalue weighted by Crippen LogP contribution is -2.26. The molecule has 0 fully saturated rings. The van der Waals surface area contributed by atoms with Crippen molar-refractivity contribution in [1.82, 2.24) is 0 Å². The first-order valence-corrected chi connectivity index (χ1v) is 5.70. The summed E-state index contributed by atoms with van der Waals surface area (Å²) in [6.45, 7) is 1.50. The van der Waals surface area contributed by atoms with Crippen LogP contribution < -0.4 is 16.7 Å². The fourth-order valence-corrected chi connectivity index (χ4v) is 1.43. The van der Waals surface area contributed by atoms with E-state index in [1.165, 1.54) is 17.8 Å². The second-order valence-corrected chi connectivity index (χ2v) is 3.89. The van der Waals surface area contributed by atoms with Gasteiger partial charge in [0.15, 0.2) is 7.28 Å². The first-order chi connectivity index (χ1) is 8.18. The van der Waals surface area contributed by atoms with Crippen LogP contribution in [0.2, 0.25) is 0 Å². The number of benzene rings is 2. The molecule has 1 unspecified atom stereocenters. The van der Waals surface area contributed by atoms with Crippen LogP contribution in [-0.4, -0.2) is 18.6 Å². The Balaban J connectivity index is 0.000000317. The highest BCUT2D eigenvalue weighted by Gasteiger charge is 1.95. The van der Waals surface area contributed by atoms with E-state index in [2.05, 4.69) is 66.4 Å². The molecule has 0 radical (unpaired) electrons. The molecular formula is C14H18BNO. The molecule has 17 heavy (non-hydrogen) atoms. The molecule has 2 aromatic rings. The minimum atomic E-state index is -0.667. The van der Waals surface area contributed by atoms with Crippen LogP contribution in [0.3, 0.4) is 0 Å². The number of aliphatic hydroxyl groups excluding tert-OH is 1. The second-order valence-electron chi connectivity index (χ2n) is 3.89. The maximum Gasteiger partial charge on any atom is 0.192 e. The van der Waals surface area contributed by atoms with Crippen LogP contribution in [0.25, 0.3) is 0 Å². The topological polar surface area (TPSA) is 46.2 Å². The van der Waals surface area contributed by atoms with Gasteiger partial charge in [-0.1, -0.05) is 71.6 Å². The SMILES string of the molecule is B(c1ccccc1)c1ccccc1.CC(N)O. The first kappa shape index (κ1) is 13.5. The Hall–Kier alpha value is -1.58. The summed E-state index contributed by atoms with van der Waals surface area (Å²) in [5.41, 5.74) is 7.41. The minimum absolute atomic E-state index is 0.667. The summed E-state index contributed by atoms with van der Waals surface area (Å²) >= 11 is 0. The van der Waals surface area contributed by atoms with Gasteiger partial charge in [-0.3, -0.25) is 0 Å². The van der Waals surface area contributed by atoms with E-state index in [1.807, 2.05) is 0 Å². The molecule has 2 aromatic carbocycles. The van der Waals surface area contributed by atoms with Crippen molar-refractivity contribution >= 4 is 18.2 Å². The molecule has 0 aliphatic heterocycles. The van der Waals surface area contributed by atoms with Crippen LogP contribution in [0.5, 0.6) is 0 Å². The molecule has 3 N–H and O–H groups in total. The van der Waals surface area contributed by atoms with Crippen molar-refractivity contribution in [3.63, 3.8) is 0 Å². The van der Waals surface area contributed by atoms with Gasteiger partial charge in [-0.05, 0) is 6.92 Å². The van der Waals surface area contributed by atoms with Gasteiger partial charge in [0.1, 0.15) is 0 Å². The van der Waals surface area contributed by atoms with Gasteiger partial charge in [0.2, 0.25) is 0 Å². The molecule has 2 nitrogen and oxygen atoms in total. The lowest BCUT2D eigenvalue weighted by atomic mass is 9.64. The van der Waals surface area contributed by atoms with Crippen molar-refractivity contribution in [2.45, 2.75) is 13.2 Å². The zero-order valence-corrected chi connectivity index (χ0v) is 10.1. The highest BCUT2D eigenvalue weighted by atomic mass is 16.3. The van der Waals surface area contributed by atoms with Gasteiger partial charge in [-0.15, -0.1) is 0 Å². The number of hydrogen-bond donors (Lipinski definition) is 2. The Labute approximate surface area is 103 Å². The van der Waals surface area contributed by atoms with Crippen LogP contribution in [0.1, 0.15) is 6.92 Å². The predicted molar refractivity (Wildman–Crippen MR) is 75.2 cm³/mol. The zero-order valence-electron chi connectivity index (χ0n) is 10.1. The van der Waals surface area contributed by atoms with Gasteiger partial charge in [-0.2, -0.15) is 0 Å². The number of nitrogens with two attached hydrogens (primary N) is 1. The fraction of sp³-hybridized carbons (Fsp3) is 0.143. The van der Waals surface area contributed by atoms with Gasteiger partial charge in [0.25, 0.3) is 0 Å². The number of aliphatic hydroxyl groups is 1. The van der Waals surface area contributed by atoms with Crippen LogP contribution in [-0.2, 0) is 0 Å². The van der Waals surface area contributed by atoms with Gasteiger partial charge < -0.3 is 10.8 Å². The van der Waals surface area contributed by atoms with Crippen molar-refractivity contribution in [3.8, 4) is 0 Å². The van der Waals surface area contributed by atoms with Crippen LogP contribution in [0, 0.1) is 0 Å². The van der Waals surface area contributed by atoms with Gasteiger partial charge in [-0.25, -0.2) is 0 Å². The van der Waals surface area contributed by atoms with Crippen molar-refractivity contribution in [1.29, 1.82) is 0 Å².